The van der Waals surface area contributed by atoms with E-state index in [1.54, 1.807) is 18.2 Å². The molecule has 0 saturated carbocycles. The first kappa shape index (κ1) is 15.1. The number of benzene rings is 1. The van der Waals surface area contributed by atoms with Gasteiger partial charge in [0.1, 0.15) is 0 Å². The smallest absolute Gasteiger partial charge is 0.281 e. The third-order valence-electron chi connectivity index (χ3n) is 3.00. The van der Waals surface area contributed by atoms with Gasteiger partial charge in [-0.2, -0.15) is 8.42 Å². The second kappa shape index (κ2) is 5.61. The average molecular weight is 306 g/mol. The maximum Gasteiger partial charge on any atom is 0.281 e. The Morgan fingerprint density at radius 1 is 1.24 bits per heavy atom. The monoisotopic (exact) mass is 306 g/mol. The molecule has 0 unspecified atom stereocenters. The van der Waals surface area contributed by atoms with Crippen molar-refractivity contribution in [3.05, 3.63) is 42.1 Å². The lowest BCUT2D eigenvalue weighted by Gasteiger charge is -2.17. The summed E-state index contributed by atoms with van der Waals surface area (Å²) in [6.07, 6.45) is 1.39. The molecule has 3 N–H and O–H groups in total. The second-order valence-electron chi connectivity index (χ2n) is 4.90. The molecule has 0 aliphatic rings. The maximum absolute atomic E-state index is 12.3. The minimum Gasteiger partial charge on any atom is -0.396 e. The van der Waals surface area contributed by atoms with Crippen LogP contribution in [0.15, 0.2) is 41.6 Å². The minimum atomic E-state index is -3.80. The lowest BCUT2D eigenvalue weighted by atomic mass is 10.2. The van der Waals surface area contributed by atoms with E-state index in [4.69, 9.17) is 5.73 Å². The van der Waals surface area contributed by atoms with E-state index >= 15 is 0 Å². The molecule has 0 spiro atoms. The van der Waals surface area contributed by atoms with E-state index in [2.05, 4.69) is 9.71 Å². The van der Waals surface area contributed by atoms with Crippen molar-refractivity contribution in [1.29, 1.82) is 0 Å². The van der Waals surface area contributed by atoms with E-state index < -0.39 is 10.0 Å². The molecule has 0 radical (unpaired) electrons. The van der Waals surface area contributed by atoms with E-state index in [9.17, 15) is 8.42 Å². The van der Waals surface area contributed by atoms with Crippen LogP contribution in [0.5, 0.6) is 0 Å². The Balaban J connectivity index is 2.38. The van der Waals surface area contributed by atoms with Crippen LogP contribution in [0.2, 0.25) is 0 Å². The van der Waals surface area contributed by atoms with Gasteiger partial charge in [-0.1, -0.05) is 6.07 Å². The number of anilines is 3. The number of hydrogen-bond donors (Lipinski definition) is 2. The number of sulfonamides is 1. The van der Waals surface area contributed by atoms with Gasteiger partial charge in [-0.25, -0.2) is 4.98 Å². The zero-order valence-electron chi connectivity index (χ0n) is 12.2. The zero-order valence-corrected chi connectivity index (χ0v) is 13.0. The molecule has 2 rings (SSSR count). The fraction of sp³-hybridized carbons (Fsp3) is 0.214. The molecular weight excluding hydrogens is 288 g/mol. The Kier molecular flexibility index (Phi) is 4.04. The van der Waals surface area contributed by atoms with Gasteiger partial charge in [-0.3, -0.25) is 4.72 Å². The number of rotatable bonds is 4. The summed E-state index contributed by atoms with van der Waals surface area (Å²) in [5.41, 5.74) is 8.25. The molecule has 1 aromatic heterocycles. The standard InChI is InChI=1S/C14H18N4O2S/c1-10-6-7-11(9-13(10)18(2)3)17-21(19,20)14-12(15)5-4-8-16-14/h4-9,17H,15H2,1-3H3. The molecule has 2 aromatic rings. The molecule has 0 aliphatic carbocycles. The first-order valence-corrected chi connectivity index (χ1v) is 7.81. The predicted octanol–water partition coefficient (Wildman–Crippen LogP) is 1.84. The molecule has 1 aromatic carbocycles. The molecule has 0 saturated heterocycles. The van der Waals surface area contributed by atoms with Crippen molar-refractivity contribution in [3.63, 3.8) is 0 Å². The van der Waals surface area contributed by atoms with Gasteiger partial charge < -0.3 is 10.6 Å². The molecular formula is C14H18N4O2S. The predicted molar refractivity (Wildman–Crippen MR) is 85.0 cm³/mol. The molecule has 6 nitrogen and oxygen atoms in total. The van der Waals surface area contributed by atoms with E-state index in [-0.39, 0.29) is 10.7 Å². The second-order valence-corrected chi connectivity index (χ2v) is 6.50. The van der Waals surface area contributed by atoms with Crippen molar-refractivity contribution >= 4 is 27.1 Å². The average Bonchev–Trinajstić information content (AvgIpc) is 2.40. The molecule has 0 bridgehead atoms. The Labute approximate surface area is 124 Å². The highest BCUT2D eigenvalue weighted by molar-refractivity contribution is 7.92. The van der Waals surface area contributed by atoms with Crippen LogP contribution in [0.4, 0.5) is 17.1 Å². The Morgan fingerprint density at radius 2 is 1.95 bits per heavy atom. The highest BCUT2D eigenvalue weighted by Crippen LogP contribution is 2.25. The number of nitrogen functional groups attached to an aromatic ring is 1. The Hall–Kier alpha value is -2.28. The summed E-state index contributed by atoms with van der Waals surface area (Å²) in [5.74, 6) is 0. The van der Waals surface area contributed by atoms with Crippen molar-refractivity contribution in [3.8, 4) is 0 Å². The number of hydrogen-bond acceptors (Lipinski definition) is 5. The van der Waals surface area contributed by atoms with E-state index in [1.807, 2.05) is 32.0 Å². The van der Waals surface area contributed by atoms with Crippen LogP contribution in [0, 0.1) is 6.92 Å². The Bertz CT molecular complexity index is 757. The summed E-state index contributed by atoms with van der Waals surface area (Å²) >= 11 is 0. The van der Waals surface area contributed by atoms with Crippen LogP contribution in [0.1, 0.15) is 5.56 Å². The number of pyridine rings is 1. The van der Waals surface area contributed by atoms with Gasteiger partial charge in [0.05, 0.1) is 11.4 Å². The van der Waals surface area contributed by atoms with Crippen LogP contribution in [-0.4, -0.2) is 27.5 Å². The van der Waals surface area contributed by atoms with Crippen molar-refractivity contribution < 1.29 is 8.42 Å². The van der Waals surface area contributed by atoms with E-state index in [0.717, 1.165) is 11.3 Å². The molecule has 1 heterocycles. The number of nitrogens with zero attached hydrogens (tertiary/aromatic N) is 2. The van der Waals surface area contributed by atoms with Crippen molar-refractivity contribution in [2.45, 2.75) is 11.9 Å². The van der Waals surface area contributed by atoms with Gasteiger partial charge in [-0.05, 0) is 36.8 Å². The topological polar surface area (TPSA) is 88.3 Å². The normalized spacial score (nSPS) is 11.2. The maximum atomic E-state index is 12.3. The third-order valence-corrected chi connectivity index (χ3v) is 4.35. The summed E-state index contributed by atoms with van der Waals surface area (Å²) < 4.78 is 27.1. The van der Waals surface area contributed by atoms with Crippen LogP contribution < -0.4 is 15.4 Å². The van der Waals surface area contributed by atoms with Gasteiger partial charge in [0.15, 0.2) is 5.03 Å². The fourth-order valence-electron chi connectivity index (χ4n) is 1.99. The van der Waals surface area contributed by atoms with Crippen molar-refractivity contribution in [2.24, 2.45) is 0 Å². The van der Waals surface area contributed by atoms with Gasteiger partial charge in [-0.15, -0.1) is 0 Å². The Morgan fingerprint density at radius 3 is 2.57 bits per heavy atom. The molecule has 0 amide bonds. The summed E-state index contributed by atoms with van der Waals surface area (Å²) in [5, 5.41) is -0.169. The van der Waals surface area contributed by atoms with Crippen LogP contribution in [0.3, 0.4) is 0 Å². The summed E-state index contributed by atoms with van der Waals surface area (Å²) in [6, 6.07) is 8.42. The first-order valence-electron chi connectivity index (χ1n) is 6.32. The third kappa shape index (κ3) is 3.25. The highest BCUT2D eigenvalue weighted by atomic mass is 32.2. The SMILES string of the molecule is Cc1ccc(NS(=O)(=O)c2ncccc2N)cc1N(C)C. The van der Waals surface area contributed by atoms with Crippen LogP contribution >= 0.6 is 0 Å². The van der Waals surface area contributed by atoms with Gasteiger partial charge in [0, 0.05) is 26.0 Å². The number of nitrogens with one attached hydrogen (secondary N) is 1. The fourth-order valence-corrected chi connectivity index (χ4v) is 3.10. The summed E-state index contributed by atoms with van der Waals surface area (Å²) in [7, 11) is -0.00364. The zero-order chi connectivity index (χ0) is 15.6. The quantitative estimate of drug-likeness (QED) is 0.900. The van der Waals surface area contributed by atoms with Crippen molar-refractivity contribution in [2.75, 3.05) is 29.5 Å². The number of aryl methyl sites for hydroxylation is 1. The molecule has 0 fully saturated rings. The number of aromatic nitrogens is 1. The molecule has 112 valence electrons. The highest BCUT2D eigenvalue weighted by Gasteiger charge is 2.19. The minimum absolute atomic E-state index is 0.116. The summed E-state index contributed by atoms with van der Waals surface area (Å²) in [6.45, 7) is 1.96. The van der Waals surface area contributed by atoms with E-state index in [0.29, 0.717) is 5.69 Å². The summed E-state index contributed by atoms with van der Waals surface area (Å²) in [4.78, 5) is 5.75. The molecule has 7 heteroatoms. The molecule has 0 atom stereocenters. The van der Waals surface area contributed by atoms with Gasteiger partial charge in [0.2, 0.25) is 0 Å². The lowest BCUT2D eigenvalue weighted by molar-refractivity contribution is 0.598. The molecule has 0 aliphatic heterocycles. The molecule has 21 heavy (non-hydrogen) atoms. The van der Waals surface area contributed by atoms with Gasteiger partial charge in [0.25, 0.3) is 10.0 Å². The van der Waals surface area contributed by atoms with Crippen LogP contribution in [-0.2, 0) is 10.0 Å². The van der Waals surface area contributed by atoms with Crippen LogP contribution in [0.25, 0.3) is 0 Å². The first-order chi connectivity index (χ1) is 9.81. The number of nitrogens with two attached hydrogens (primary N) is 1. The van der Waals surface area contributed by atoms with Gasteiger partial charge >= 0.3 is 0 Å². The van der Waals surface area contributed by atoms with E-state index in [1.165, 1.54) is 12.3 Å². The lowest BCUT2D eigenvalue weighted by Crippen LogP contribution is -2.17. The van der Waals surface area contributed by atoms with Crippen molar-refractivity contribution in [1.82, 2.24) is 4.98 Å². The largest absolute Gasteiger partial charge is 0.396 e.